The number of hydrogen-bond acceptors (Lipinski definition) is 5. The molecule has 178 valence electrons. The van der Waals surface area contributed by atoms with Crippen LogP contribution in [-0.2, 0) is 9.53 Å². The van der Waals surface area contributed by atoms with Gasteiger partial charge in [-0.05, 0) is 41.8 Å². The number of nitrogens with one attached hydrogen (secondary N) is 1. The molecule has 0 aliphatic carbocycles. The van der Waals surface area contributed by atoms with Crippen LogP contribution in [0.2, 0.25) is 0 Å². The number of halogens is 1. The summed E-state index contributed by atoms with van der Waals surface area (Å²) in [6.07, 6.45) is 2.14. The van der Waals surface area contributed by atoms with Gasteiger partial charge in [-0.2, -0.15) is 0 Å². The molecule has 0 saturated carbocycles. The Hall–Kier alpha value is -3.03. The average molecular weight is 482 g/mol. The van der Waals surface area contributed by atoms with Crippen molar-refractivity contribution in [3.8, 4) is 0 Å². The molecule has 4 heterocycles. The monoisotopic (exact) mass is 481 g/mol. The van der Waals surface area contributed by atoms with Crippen molar-refractivity contribution in [1.82, 2.24) is 0 Å². The zero-order valence-corrected chi connectivity index (χ0v) is 20.1. The molecule has 2 aromatic carbocycles. The molecular weight excluding hydrogens is 451 g/mol. The summed E-state index contributed by atoms with van der Waals surface area (Å²) < 4.78 is 19.1. The van der Waals surface area contributed by atoms with Gasteiger partial charge >= 0.3 is 5.97 Å². The number of ether oxygens (including phenoxy) is 1. The summed E-state index contributed by atoms with van der Waals surface area (Å²) in [5.41, 5.74) is 1.72. The van der Waals surface area contributed by atoms with Crippen molar-refractivity contribution in [3.63, 3.8) is 0 Å². The van der Waals surface area contributed by atoms with Crippen LogP contribution in [0.5, 0.6) is 0 Å². The Morgan fingerprint density at radius 1 is 1.03 bits per heavy atom. The smallest absolute Gasteiger partial charge is 0.303 e. The molecule has 1 aromatic heterocycles. The summed E-state index contributed by atoms with van der Waals surface area (Å²) in [5, 5.41) is 5.05. The predicted molar refractivity (Wildman–Crippen MR) is 133 cm³/mol. The summed E-state index contributed by atoms with van der Waals surface area (Å²) in [5.74, 6) is 0.287. The topological polar surface area (TPSA) is 55.4 Å². The number of para-hydroxylation sites is 1. The molecule has 1 atom stereocenters. The highest BCUT2D eigenvalue weighted by atomic mass is 32.1. The predicted octanol–water partition coefficient (Wildman–Crippen LogP) is 5.67. The molecule has 1 N–H and O–H groups in total. The second-order valence-electron chi connectivity index (χ2n) is 9.02. The van der Waals surface area contributed by atoms with Gasteiger partial charge in [-0.25, -0.2) is 4.39 Å². The van der Waals surface area contributed by atoms with Crippen LogP contribution in [0.4, 0.5) is 15.8 Å². The number of carbonyl (C=O) groups is 2. The summed E-state index contributed by atoms with van der Waals surface area (Å²) >= 11 is 1.51. The normalized spacial score (nSPS) is 22.9. The van der Waals surface area contributed by atoms with Crippen LogP contribution in [0.25, 0.3) is 0 Å². The van der Waals surface area contributed by atoms with Gasteiger partial charge in [-0.15, -0.1) is 11.3 Å². The molecule has 7 heteroatoms. The molecule has 3 saturated heterocycles. The fourth-order valence-electron chi connectivity index (χ4n) is 4.86. The van der Waals surface area contributed by atoms with E-state index in [1.54, 1.807) is 6.07 Å². The number of piperidine rings is 3. The van der Waals surface area contributed by atoms with E-state index >= 15 is 0 Å². The van der Waals surface area contributed by atoms with Crippen molar-refractivity contribution in [3.05, 3.63) is 82.8 Å². The van der Waals surface area contributed by atoms with Crippen LogP contribution in [-0.4, -0.2) is 48.5 Å². The first kappa shape index (κ1) is 24.1. The van der Waals surface area contributed by atoms with Crippen LogP contribution in [0.15, 0.2) is 72.1 Å². The third kappa shape index (κ3) is 6.30. The van der Waals surface area contributed by atoms with Gasteiger partial charge in [0.15, 0.2) is 6.10 Å². The van der Waals surface area contributed by atoms with E-state index in [-0.39, 0.29) is 23.7 Å². The van der Waals surface area contributed by atoms with Crippen molar-refractivity contribution in [2.75, 3.05) is 31.5 Å². The maximum absolute atomic E-state index is 12.8. The molecule has 34 heavy (non-hydrogen) atoms. The van der Waals surface area contributed by atoms with Crippen LogP contribution in [0.1, 0.15) is 29.4 Å². The van der Waals surface area contributed by atoms with Gasteiger partial charge in [-0.1, -0.05) is 30.3 Å². The van der Waals surface area contributed by atoms with Crippen LogP contribution >= 0.6 is 11.3 Å². The fraction of sp³-hybridized carbons (Fsp3) is 0.333. The van der Waals surface area contributed by atoms with Crippen molar-refractivity contribution in [2.45, 2.75) is 25.9 Å². The van der Waals surface area contributed by atoms with E-state index < -0.39 is 0 Å². The molecule has 3 fully saturated rings. The van der Waals surface area contributed by atoms with Gasteiger partial charge in [0.2, 0.25) is 5.78 Å². The quantitative estimate of drug-likeness (QED) is 0.280. The van der Waals surface area contributed by atoms with Crippen molar-refractivity contribution < 1.29 is 23.2 Å². The summed E-state index contributed by atoms with van der Waals surface area (Å²) in [7, 11) is 0. The molecule has 2 bridgehead atoms. The molecule has 0 amide bonds. The minimum absolute atomic E-state index is 0.00568. The van der Waals surface area contributed by atoms with E-state index in [2.05, 4.69) is 5.32 Å². The first-order valence-electron chi connectivity index (χ1n) is 11.6. The van der Waals surface area contributed by atoms with Gasteiger partial charge in [0.1, 0.15) is 18.9 Å². The standard InChI is InChI=1S/C15H20NO3S.C12H10FN/c1-11(17)19-14-10-16(6-4-12(14)5-7-16)9-13(18)15-3-2-8-20-15;13-10-5-4-8-12(9-10)14-11-6-2-1-3-7-11/h2-3,8,12,14H,4-7,9-10H2,1H3;1-9,14H/q+1;. The summed E-state index contributed by atoms with van der Waals surface area (Å²) in [6, 6.07) is 19.9. The Bertz CT molecular complexity index is 1100. The molecule has 3 aliphatic rings. The van der Waals surface area contributed by atoms with E-state index in [0.29, 0.717) is 12.5 Å². The zero-order valence-electron chi connectivity index (χ0n) is 19.3. The fourth-order valence-corrected chi connectivity index (χ4v) is 5.52. The lowest BCUT2D eigenvalue weighted by atomic mass is 9.83. The first-order valence-corrected chi connectivity index (χ1v) is 12.5. The number of Topliss-reactive ketones (excluding diaryl/α,β-unsaturated/α-hetero) is 1. The highest BCUT2D eigenvalue weighted by Gasteiger charge is 2.48. The van der Waals surface area contributed by atoms with E-state index in [4.69, 9.17) is 4.74 Å². The Labute approximate surface area is 203 Å². The lowest BCUT2D eigenvalue weighted by Gasteiger charge is -2.51. The number of thiophene rings is 1. The molecule has 3 aromatic rings. The summed E-state index contributed by atoms with van der Waals surface area (Å²) in [6.45, 7) is 4.91. The van der Waals surface area contributed by atoms with Gasteiger partial charge in [0.25, 0.3) is 0 Å². The van der Waals surface area contributed by atoms with Gasteiger partial charge in [0.05, 0.1) is 18.0 Å². The largest absolute Gasteiger partial charge is 0.456 e. The SMILES string of the molecule is CC(=O)OC1C[N+]2(CC(=O)c3cccs3)CCC1CC2.Fc1cccc(Nc2ccccc2)c1. The van der Waals surface area contributed by atoms with Crippen LogP contribution in [0.3, 0.4) is 0 Å². The minimum Gasteiger partial charge on any atom is -0.456 e. The highest BCUT2D eigenvalue weighted by Crippen LogP contribution is 2.36. The maximum atomic E-state index is 12.8. The molecule has 6 rings (SSSR count). The Morgan fingerprint density at radius 2 is 1.76 bits per heavy atom. The Morgan fingerprint density at radius 3 is 2.41 bits per heavy atom. The summed E-state index contributed by atoms with van der Waals surface area (Å²) in [4.78, 5) is 24.4. The highest BCUT2D eigenvalue weighted by molar-refractivity contribution is 7.12. The number of hydrogen-bond donors (Lipinski definition) is 1. The molecule has 5 nitrogen and oxygen atoms in total. The minimum atomic E-state index is -0.231. The van der Waals surface area contributed by atoms with Crippen molar-refractivity contribution in [2.24, 2.45) is 5.92 Å². The zero-order chi connectivity index (χ0) is 24.0. The number of rotatable bonds is 6. The van der Waals surface area contributed by atoms with Gasteiger partial charge in [0, 0.05) is 37.1 Å². The van der Waals surface area contributed by atoms with Crippen LogP contribution in [0, 0.1) is 11.7 Å². The number of fused-ring (bicyclic) bond motifs is 3. The molecule has 1 unspecified atom stereocenters. The molecule has 0 radical (unpaired) electrons. The molecule has 0 spiro atoms. The van der Waals surface area contributed by atoms with Crippen LogP contribution < -0.4 is 5.32 Å². The van der Waals surface area contributed by atoms with E-state index in [9.17, 15) is 14.0 Å². The van der Waals surface area contributed by atoms with E-state index in [1.807, 2.05) is 53.9 Å². The average Bonchev–Trinajstić information content (AvgIpc) is 3.36. The Kier molecular flexibility index (Phi) is 7.75. The number of anilines is 2. The lowest BCUT2D eigenvalue weighted by molar-refractivity contribution is -0.938. The molecular formula is C27H30FN2O3S+. The maximum Gasteiger partial charge on any atom is 0.303 e. The van der Waals surface area contributed by atoms with Crippen molar-refractivity contribution in [1.29, 1.82) is 0 Å². The van der Waals surface area contributed by atoms with E-state index in [1.165, 1.54) is 30.4 Å². The number of quaternary nitrogens is 1. The third-order valence-electron chi connectivity index (χ3n) is 6.52. The van der Waals surface area contributed by atoms with Gasteiger partial charge in [-0.3, -0.25) is 9.59 Å². The lowest BCUT2D eigenvalue weighted by Crippen LogP contribution is -2.65. The Balaban J connectivity index is 0.000000172. The molecule has 3 aliphatic heterocycles. The first-order chi connectivity index (χ1) is 16.4. The number of nitrogens with zero attached hydrogens (tertiary/aromatic N) is 1. The van der Waals surface area contributed by atoms with Gasteiger partial charge < -0.3 is 14.5 Å². The van der Waals surface area contributed by atoms with E-state index in [0.717, 1.165) is 53.2 Å². The second kappa shape index (κ2) is 10.9. The number of esters is 1. The number of carbonyl (C=O) groups excluding carboxylic acids is 2. The van der Waals surface area contributed by atoms with Crippen molar-refractivity contribution >= 4 is 34.5 Å². The third-order valence-corrected chi connectivity index (χ3v) is 7.43. The number of ketones is 1. The number of benzene rings is 2. The second-order valence-corrected chi connectivity index (χ2v) is 9.96.